The highest BCUT2D eigenvalue weighted by Gasteiger charge is 2.39. The second kappa shape index (κ2) is 33.6. The number of ether oxygens (including phenoxy) is 2. The molecule has 1 aromatic heterocycles. The molecule has 2 aliphatic rings. The maximum atomic E-state index is 15.0. The Balaban J connectivity index is 0.705. The van der Waals surface area contributed by atoms with Crippen molar-refractivity contribution in [1.82, 2.24) is 0 Å². The molecule has 0 radical (unpaired) electrons. The van der Waals surface area contributed by atoms with Crippen molar-refractivity contribution in [2.24, 2.45) is 11.8 Å². The Bertz CT molecular complexity index is 6210. The van der Waals surface area contributed by atoms with Crippen molar-refractivity contribution in [3.8, 4) is 39.1 Å². The highest BCUT2D eigenvalue weighted by Crippen LogP contribution is 2.54. The molecule has 0 amide bonds. The molecule has 120 heavy (non-hydrogen) atoms. The second-order valence-electron chi connectivity index (χ2n) is 34.9. The number of hydrogen-bond donors (Lipinski definition) is 0. The van der Waals surface area contributed by atoms with Crippen molar-refractivity contribution in [3.05, 3.63) is 288 Å². The van der Waals surface area contributed by atoms with Crippen molar-refractivity contribution in [2.75, 3.05) is 69.3 Å². The van der Waals surface area contributed by atoms with Gasteiger partial charge in [-0.25, -0.2) is 9.21 Å². The maximum Gasteiger partial charge on any atom is 0.363 e. The zero-order valence-corrected chi connectivity index (χ0v) is 72.2. The summed E-state index contributed by atoms with van der Waals surface area (Å²) in [7, 11) is 1.92. The number of methoxy groups -OCH3 is 1. The fraction of sp³-hybridized carbons (Fsp3) is 0.304. The van der Waals surface area contributed by atoms with E-state index in [-0.39, 0.29) is 12.6 Å². The number of anilines is 2. The van der Waals surface area contributed by atoms with Gasteiger partial charge in [0.15, 0.2) is 0 Å². The van der Waals surface area contributed by atoms with Crippen LogP contribution in [-0.2, 0) is 50.3 Å². The van der Waals surface area contributed by atoms with Gasteiger partial charge in [0.1, 0.15) is 51.6 Å². The average Bonchev–Trinajstić information content (AvgIpc) is 0.690. The first-order valence-corrected chi connectivity index (χ1v) is 45.1. The predicted molar refractivity (Wildman–Crippen MR) is 511 cm³/mol. The maximum absolute atomic E-state index is 15.0. The summed E-state index contributed by atoms with van der Waals surface area (Å²) in [6.07, 6.45) is 16.0. The van der Waals surface area contributed by atoms with Crippen LogP contribution in [0.1, 0.15) is 156 Å². The molecule has 8 heteroatoms. The smallest absolute Gasteiger partial charge is 0.363 e. The van der Waals surface area contributed by atoms with E-state index in [1.165, 1.54) is 175 Å². The van der Waals surface area contributed by atoms with Crippen LogP contribution in [0.15, 0.2) is 248 Å². The first-order chi connectivity index (χ1) is 58.8. The molecular formula is C112H117N4O4+3. The summed E-state index contributed by atoms with van der Waals surface area (Å²) >= 11 is 0. The van der Waals surface area contributed by atoms with Crippen molar-refractivity contribution in [2.45, 2.75) is 152 Å². The molecular weight excluding hydrogens is 1470 g/mol. The van der Waals surface area contributed by atoms with Gasteiger partial charge >= 0.3 is 17.1 Å². The minimum atomic E-state index is -0.333. The molecule has 606 valence electrons. The number of esters is 1. The fourth-order valence-electron chi connectivity index (χ4n) is 22.2. The van der Waals surface area contributed by atoms with Crippen LogP contribution in [0.25, 0.3) is 141 Å². The lowest BCUT2D eigenvalue weighted by atomic mass is 9.80. The zero-order chi connectivity index (χ0) is 82.5. The quantitative estimate of drug-likeness (QED) is 0.0105. The molecule has 0 spiro atoms. The third-order valence-corrected chi connectivity index (χ3v) is 28.0. The van der Waals surface area contributed by atoms with Gasteiger partial charge in [0, 0.05) is 104 Å². The summed E-state index contributed by atoms with van der Waals surface area (Å²) in [5.41, 5.74) is 20.5. The minimum absolute atomic E-state index is 0.251. The average molecular weight is 1580 g/mol. The number of benzene rings is 15. The highest BCUT2D eigenvalue weighted by molar-refractivity contribution is 6.34. The van der Waals surface area contributed by atoms with Crippen molar-refractivity contribution in [3.63, 3.8) is 0 Å². The molecule has 0 aliphatic carbocycles. The number of carbonyl (C=O) groups is 1. The summed E-state index contributed by atoms with van der Waals surface area (Å²) in [6.45, 7) is 37.1. The minimum Gasteiger partial charge on any atom is -0.495 e. The van der Waals surface area contributed by atoms with E-state index in [4.69, 9.17) is 13.9 Å². The lowest BCUT2D eigenvalue weighted by molar-refractivity contribution is -0.961. The lowest BCUT2D eigenvalue weighted by Gasteiger charge is -2.42. The number of quaternary nitrogens is 2. The SMILES string of the molecule is C=CC[N+]1(CCOC(=O)c2ccccc2-c2c3ccc(N(CC)CC)cc3[o+]c3cc(N(CC)CC)ccc23)Cc2ccc3c4ccc5c6c(ccc(c7ccc(c2c37)C1)c64)C[N+](CC=C)(Cc1cc(-c2c3ccccc3c(CC(CC)CCCC)c3ccccc23)c(OC)c(-c2c3ccccc3c(CC(CC)CCCC)c3ccccc23)c1)C5. The first kappa shape index (κ1) is 79.7. The van der Waals surface area contributed by atoms with Gasteiger partial charge in [-0.3, -0.25) is 0 Å². The van der Waals surface area contributed by atoms with Gasteiger partial charge in [-0.05, 0) is 199 Å². The van der Waals surface area contributed by atoms with E-state index in [0.717, 1.165) is 163 Å². The normalized spacial score (nSPS) is 14.2. The Morgan fingerprint density at radius 1 is 0.425 bits per heavy atom. The van der Waals surface area contributed by atoms with Gasteiger partial charge in [0.2, 0.25) is 0 Å². The number of unbranched alkanes of at least 4 members (excludes halogenated alkanes) is 2. The third-order valence-electron chi connectivity index (χ3n) is 28.0. The fourth-order valence-corrected chi connectivity index (χ4v) is 22.2. The van der Waals surface area contributed by atoms with E-state index in [1.54, 1.807) is 0 Å². The molecule has 0 N–H and O–H groups in total. The zero-order valence-electron chi connectivity index (χ0n) is 72.2. The number of carbonyl (C=O) groups excluding carboxylic acids is 1. The van der Waals surface area contributed by atoms with E-state index in [1.807, 2.05) is 25.3 Å². The van der Waals surface area contributed by atoms with Crippen LogP contribution in [0.4, 0.5) is 11.4 Å². The lowest BCUT2D eigenvalue weighted by Crippen LogP contribution is -2.50. The van der Waals surface area contributed by atoms with Gasteiger partial charge in [0.05, 0.1) is 48.7 Å². The Kier molecular flexibility index (Phi) is 22.3. The van der Waals surface area contributed by atoms with Crippen LogP contribution >= 0.6 is 0 Å². The van der Waals surface area contributed by atoms with Crippen LogP contribution in [0.5, 0.6) is 5.75 Å². The monoisotopic (exact) mass is 1580 g/mol. The Labute approximate surface area is 709 Å². The van der Waals surface area contributed by atoms with E-state index < -0.39 is 0 Å². The van der Waals surface area contributed by atoms with E-state index in [9.17, 15) is 4.79 Å². The van der Waals surface area contributed by atoms with Crippen LogP contribution in [-0.4, -0.2) is 74.5 Å². The molecule has 2 unspecified atom stereocenters. The Morgan fingerprint density at radius 3 is 1.19 bits per heavy atom. The van der Waals surface area contributed by atoms with Crippen molar-refractivity contribution >= 4 is 125 Å². The topological polar surface area (TPSA) is 53.3 Å². The number of nitrogens with zero attached hydrogens (tertiary/aromatic N) is 4. The van der Waals surface area contributed by atoms with E-state index >= 15 is 0 Å². The summed E-state index contributed by atoms with van der Waals surface area (Å²) in [4.78, 5) is 19.7. The molecule has 15 aromatic carbocycles. The van der Waals surface area contributed by atoms with Crippen molar-refractivity contribution < 1.29 is 27.7 Å². The second-order valence-corrected chi connectivity index (χ2v) is 34.9. The van der Waals surface area contributed by atoms with E-state index in [0.29, 0.717) is 28.4 Å². The predicted octanol–water partition coefficient (Wildman–Crippen LogP) is 28.8. The van der Waals surface area contributed by atoms with Crippen molar-refractivity contribution in [1.29, 1.82) is 0 Å². The van der Waals surface area contributed by atoms with Crippen LogP contribution in [0.2, 0.25) is 0 Å². The Morgan fingerprint density at radius 2 is 0.800 bits per heavy atom. The molecule has 0 fully saturated rings. The summed E-state index contributed by atoms with van der Waals surface area (Å²) in [5.74, 6) is 1.77. The molecule has 8 nitrogen and oxygen atoms in total. The standard InChI is InChI=1S/C112H117N4O4/c1-12-22-34-73(16-5)62-98-82-36-24-28-40-86(82)106(87-41-29-25-37-83(87)98)100-64-75(65-101(111(100)118-11)107-88-42-30-26-38-84(88)99(63-74(17-6)35-23-13-2)85-39-27-31-43-89(85)107)68-116(59-15-4)71-78-48-54-93-91-52-46-76-69-115(58-14-3,70-77-47-53-92(109(91)104(76)77)94-55-49-79(72-116)105(78)110(93)94)60-61-119-112(117)95-45-33-32-44-90(95)108-96-56-50-80(113(18-7)19-8)66-102(96)120-103-67-81(51-57-97(103)108)114(20-9)21-10/h14-15,24-33,36-57,64-67,73-74H,3-4,12-13,16-23,34-35,58-63,68-72H2,1-2,5-11H3/q+3. The summed E-state index contributed by atoms with van der Waals surface area (Å²) in [5, 5.41) is 23.1. The number of rotatable bonds is 32. The Hall–Kier alpha value is -11.4. The molecule has 2 atom stereocenters. The number of hydrogen-bond acceptors (Lipinski definition) is 5. The van der Waals surface area contributed by atoms with Gasteiger partial charge < -0.3 is 28.2 Å². The van der Waals surface area contributed by atoms with E-state index in [2.05, 4.69) is 291 Å². The molecule has 0 bridgehead atoms. The third kappa shape index (κ3) is 14.0. The molecule has 0 saturated carbocycles. The number of fused-ring (bicyclic) bond motifs is 8. The van der Waals surface area contributed by atoms with Gasteiger partial charge in [-0.1, -0.05) is 256 Å². The molecule has 2 aliphatic heterocycles. The molecule has 18 rings (SSSR count). The molecule has 0 saturated heterocycles. The van der Waals surface area contributed by atoms with Crippen LogP contribution in [0, 0.1) is 11.8 Å². The first-order valence-electron chi connectivity index (χ1n) is 45.1. The summed E-state index contributed by atoms with van der Waals surface area (Å²) < 4.78 is 22.1. The van der Waals surface area contributed by atoms with Gasteiger partial charge in [-0.2, -0.15) is 0 Å². The van der Waals surface area contributed by atoms with Crippen LogP contribution in [0.3, 0.4) is 0 Å². The van der Waals surface area contributed by atoms with Gasteiger partial charge in [-0.15, -0.1) is 0 Å². The molecule has 3 heterocycles. The summed E-state index contributed by atoms with van der Waals surface area (Å²) in [6, 6.07) is 82.9. The highest BCUT2D eigenvalue weighted by atomic mass is 16.5. The van der Waals surface area contributed by atoms with Crippen LogP contribution < -0.4 is 14.5 Å². The molecule has 16 aromatic rings. The van der Waals surface area contributed by atoms with Gasteiger partial charge in [0.25, 0.3) is 0 Å². The largest absolute Gasteiger partial charge is 0.495 e.